The SMILES string of the molecule is N#Cc1c(-c2ccccc2)nc(NN=Cc2ccc(COC3CCCC3)c(F)c2)[nH]c1=O. The lowest BCUT2D eigenvalue weighted by molar-refractivity contribution is 0.0441. The number of aromatic nitrogens is 2. The molecule has 3 aromatic rings. The van der Waals surface area contributed by atoms with E-state index in [0.29, 0.717) is 16.7 Å². The number of nitrogens with one attached hydrogen (secondary N) is 2. The van der Waals surface area contributed by atoms with Crippen molar-refractivity contribution in [2.24, 2.45) is 5.10 Å². The summed E-state index contributed by atoms with van der Waals surface area (Å²) in [7, 11) is 0. The molecular formula is C24H22FN5O2. The molecule has 1 saturated carbocycles. The minimum absolute atomic E-state index is 0.0751. The smallest absolute Gasteiger partial charge is 0.270 e. The van der Waals surface area contributed by atoms with E-state index in [2.05, 4.69) is 20.5 Å². The van der Waals surface area contributed by atoms with Gasteiger partial charge in [-0.05, 0) is 24.5 Å². The van der Waals surface area contributed by atoms with Gasteiger partial charge >= 0.3 is 0 Å². The fourth-order valence-electron chi connectivity index (χ4n) is 3.63. The maximum Gasteiger partial charge on any atom is 0.270 e. The zero-order valence-corrected chi connectivity index (χ0v) is 17.3. The lowest BCUT2D eigenvalue weighted by Gasteiger charge is -2.11. The van der Waals surface area contributed by atoms with E-state index in [1.165, 1.54) is 25.1 Å². The summed E-state index contributed by atoms with van der Waals surface area (Å²) >= 11 is 0. The Labute approximate surface area is 184 Å². The number of rotatable bonds is 7. The molecule has 0 saturated heterocycles. The molecule has 0 unspecified atom stereocenters. The number of halogens is 1. The third-order valence-electron chi connectivity index (χ3n) is 5.32. The van der Waals surface area contributed by atoms with Crippen LogP contribution < -0.4 is 11.0 Å². The highest BCUT2D eigenvalue weighted by Crippen LogP contribution is 2.23. The molecule has 0 radical (unpaired) electrons. The van der Waals surface area contributed by atoms with Gasteiger partial charge in [0.2, 0.25) is 5.95 Å². The molecular weight excluding hydrogens is 409 g/mol. The van der Waals surface area contributed by atoms with Crippen LogP contribution in [0.5, 0.6) is 0 Å². The van der Waals surface area contributed by atoms with Crippen molar-refractivity contribution in [3.05, 3.63) is 81.4 Å². The Kier molecular flexibility index (Phi) is 6.68. The molecule has 0 bridgehead atoms. The largest absolute Gasteiger partial charge is 0.373 e. The van der Waals surface area contributed by atoms with Crippen molar-refractivity contribution in [1.82, 2.24) is 9.97 Å². The molecule has 2 N–H and O–H groups in total. The Bertz CT molecular complexity index is 1210. The maximum absolute atomic E-state index is 14.4. The van der Waals surface area contributed by atoms with Gasteiger partial charge in [-0.3, -0.25) is 9.78 Å². The first-order chi connectivity index (χ1) is 15.6. The molecule has 1 heterocycles. The fourth-order valence-corrected chi connectivity index (χ4v) is 3.63. The van der Waals surface area contributed by atoms with Crippen molar-refractivity contribution in [3.63, 3.8) is 0 Å². The molecule has 2 aromatic carbocycles. The highest BCUT2D eigenvalue weighted by atomic mass is 19.1. The summed E-state index contributed by atoms with van der Waals surface area (Å²) in [4.78, 5) is 19.1. The Morgan fingerprint density at radius 3 is 2.75 bits per heavy atom. The average molecular weight is 431 g/mol. The van der Waals surface area contributed by atoms with Crippen LogP contribution in [0.25, 0.3) is 11.3 Å². The van der Waals surface area contributed by atoms with Crippen LogP contribution in [-0.2, 0) is 11.3 Å². The molecule has 1 aromatic heterocycles. The monoisotopic (exact) mass is 431 g/mol. The first-order valence-electron chi connectivity index (χ1n) is 10.4. The Balaban J connectivity index is 1.46. The second-order valence-corrected chi connectivity index (χ2v) is 7.55. The van der Waals surface area contributed by atoms with Crippen LogP contribution >= 0.6 is 0 Å². The van der Waals surface area contributed by atoms with Crippen LogP contribution in [0.2, 0.25) is 0 Å². The molecule has 0 atom stereocenters. The summed E-state index contributed by atoms with van der Waals surface area (Å²) < 4.78 is 20.2. The molecule has 0 aliphatic heterocycles. The highest BCUT2D eigenvalue weighted by Gasteiger charge is 2.16. The van der Waals surface area contributed by atoms with E-state index in [9.17, 15) is 14.4 Å². The number of ether oxygens (including phenoxy) is 1. The number of anilines is 1. The number of hydrazone groups is 1. The minimum Gasteiger partial charge on any atom is -0.373 e. The van der Waals surface area contributed by atoms with Crippen LogP contribution in [0.1, 0.15) is 42.4 Å². The number of nitrogens with zero attached hydrogens (tertiary/aromatic N) is 3. The van der Waals surface area contributed by atoms with Gasteiger partial charge in [-0.25, -0.2) is 14.8 Å². The normalized spacial score (nSPS) is 14.0. The zero-order chi connectivity index (χ0) is 22.3. The third kappa shape index (κ3) is 5.07. The quantitative estimate of drug-likeness (QED) is 0.428. The summed E-state index contributed by atoms with van der Waals surface area (Å²) in [5.41, 5.74) is 3.93. The Morgan fingerprint density at radius 1 is 1.25 bits per heavy atom. The van der Waals surface area contributed by atoms with E-state index in [1.54, 1.807) is 36.4 Å². The molecule has 7 nitrogen and oxygen atoms in total. The number of hydrogen-bond donors (Lipinski definition) is 2. The van der Waals surface area contributed by atoms with Crippen LogP contribution in [0.3, 0.4) is 0 Å². The van der Waals surface area contributed by atoms with Crippen LogP contribution in [0.15, 0.2) is 58.4 Å². The van der Waals surface area contributed by atoms with Gasteiger partial charge in [-0.1, -0.05) is 55.3 Å². The Hall–Kier alpha value is -3.83. The fraction of sp³-hybridized carbons (Fsp3) is 0.250. The summed E-state index contributed by atoms with van der Waals surface area (Å²) in [6.45, 7) is 0.255. The maximum atomic E-state index is 14.4. The van der Waals surface area contributed by atoms with Crippen molar-refractivity contribution in [3.8, 4) is 17.3 Å². The lowest BCUT2D eigenvalue weighted by Crippen LogP contribution is -2.16. The van der Waals surface area contributed by atoms with E-state index in [1.807, 2.05) is 12.1 Å². The van der Waals surface area contributed by atoms with Crippen molar-refractivity contribution in [1.29, 1.82) is 5.26 Å². The molecule has 8 heteroatoms. The summed E-state index contributed by atoms with van der Waals surface area (Å²) in [6.07, 6.45) is 6.06. The van der Waals surface area contributed by atoms with E-state index in [-0.39, 0.29) is 35.7 Å². The van der Waals surface area contributed by atoms with E-state index in [4.69, 9.17) is 4.74 Å². The highest BCUT2D eigenvalue weighted by molar-refractivity contribution is 5.80. The summed E-state index contributed by atoms with van der Waals surface area (Å²) in [5.74, 6) is -0.283. The van der Waals surface area contributed by atoms with Crippen LogP contribution in [0, 0.1) is 17.1 Å². The van der Waals surface area contributed by atoms with Crippen molar-refractivity contribution < 1.29 is 9.13 Å². The standard InChI is InChI=1S/C24H22FN5O2/c25-21-12-16(10-11-18(21)15-32-19-8-4-5-9-19)14-27-30-24-28-22(17-6-2-1-3-7-17)20(13-26)23(31)29-24/h1-3,6-7,10-12,14,19H,4-5,8-9,15H2,(H2,28,29,30,31). The van der Waals surface area contributed by atoms with Crippen molar-refractivity contribution in [2.75, 3.05) is 5.43 Å². The van der Waals surface area contributed by atoms with Gasteiger partial charge in [-0.2, -0.15) is 10.4 Å². The second kappa shape index (κ2) is 9.98. The topological polar surface area (TPSA) is 103 Å². The number of benzene rings is 2. The molecule has 0 amide bonds. The van der Waals surface area contributed by atoms with Crippen molar-refractivity contribution >= 4 is 12.2 Å². The van der Waals surface area contributed by atoms with Gasteiger partial charge in [0.05, 0.1) is 24.6 Å². The number of nitriles is 1. The van der Waals surface area contributed by atoms with Crippen LogP contribution in [-0.4, -0.2) is 22.3 Å². The van der Waals surface area contributed by atoms with E-state index in [0.717, 1.165) is 12.8 Å². The van der Waals surface area contributed by atoms with Gasteiger partial charge < -0.3 is 4.74 Å². The molecule has 162 valence electrons. The number of H-pyrrole nitrogens is 1. The summed E-state index contributed by atoms with van der Waals surface area (Å²) in [6, 6.07) is 15.6. The molecule has 1 aliphatic rings. The average Bonchev–Trinajstić information content (AvgIpc) is 3.32. The Morgan fingerprint density at radius 2 is 2.03 bits per heavy atom. The molecule has 1 aliphatic carbocycles. The van der Waals surface area contributed by atoms with Crippen LogP contribution in [0.4, 0.5) is 10.3 Å². The first-order valence-corrected chi connectivity index (χ1v) is 10.4. The van der Waals surface area contributed by atoms with E-state index >= 15 is 0 Å². The van der Waals surface area contributed by atoms with Gasteiger partial charge in [0, 0.05) is 11.1 Å². The second-order valence-electron chi connectivity index (χ2n) is 7.55. The predicted molar refractivity (Wildman–Crippen MR) is 120 cm³/mol. The first kappa shape index (κ1) is 21.4. The molecule has 32 heavy (non-hydrogen) atoms. The zero-order valence-electron chi connectivity index (χ0n) is 17.3. The van der Waals surface area contributed by atoms with Crippen molar-refractivity contribution in [2.45, 2.75) is 38.4 Å². The number of hydrogen-bond acceptors (Lipinski definition) is 6. The van der Waals surface area contributed by atoms with Gasteiger partial charge in [0.1, 0.15) is 17.4 Å². The number of aromatic amines is 1. The molecule has 0 spiro atoms. The minimum atomic E-state index is -0.572. The van der Waals surface area contributed by atoms with Gasteiger partial charge in [0.25, 0.3) is 5.56 Å². The van der Waals surface area contributed by atoms with Gasteiger partial charge in [0.15, 0.2) is 0 Å². The molecule has 1 fully saturated rings. The third-order valence-corrected chi connectivity index (χ3v) is 5.32. The summed E-state index contributed by atoms with van der Waals surface area (Å²) in [5, 5.41) is 13.4. The molecule has 4 rings (SSSR count). The van der Waals surface area contributed by atoms with E-state index < -0.39 is 5.56 Å². The lowest BCUT2D eigenvalue weighted by atomic mass is 10.1. The van der Waals surface area contributed by atoms with Gasteiger partial charge in [-0.15, -0.1) is 0 Å². The predicted octanol–water partition coefficient (Wildman–Crippen LogP) is 4.35.